The topological polar surface area (TPSA) is 242 Å². The smallest absolute Gasteiger partial charge is 0.756 e. The Morgan fingerprint density at radius 2 is 0.588 bits per heavy atom. The fraction of sp³-hybridized carbons (Fsp3) is 0. The van der Waals surface area contributed by atoms with Gasteiger partial charge in [-0.3, -0.25) is 13.7 Å². The van der Waals surface area contributed by atoms with Crippen LogP contribution in [0.15, 0.2) is 0 Å². The standard InChI is InChI=1S/Mn.Na.3H3O4P/c;;3*1-5(2,3)4/h;;3*(H3,1,2,3,4)/q+2;+1;;;/p-3. The van der Waals surface area contributed by atoms with Crippen LogP contribution in [0.4, 0.5) is 0 Å². The molecule has 0 bridgehead atoms. The molecule has 1 radical (unpaired) electrons. The molecule has 0 fully saturated rings. The fourth-order valence-electron chi connectivity index (χ4n) is 0. The van der Waals surface area contributed by atoms with Gasteiger partial charge in [0.1, 0.15) is 0 Å². The summed E-state index contributed by atoms with van der Waals surface area (Å²) in [5.41, 5.74) is 0. The van der Waals surface area contributed by atoms with Crippen LogP contribution < -0.4 is 44.2 Å². The minimum atomic E-state index is -4.89. The first kappa shape index (κ1) is 31.3. The van der Waals surface area contributed by atoms with Crippen molar-refractivity contribution >= 4 is 23.5 Å². The molecular weight excluding hydrogens is 363 g/mol. The molecule has 101 valence electrons. The molecule has 0 aromatic heterocycles. The number of hydrogen-bond donors (Lipinski definition) is 6. The molecule has 0 heterocycles. The van der Waals surface area contributed by atoms with Crippen molar-refractivity contribution in [2.45, 2.75) is 0 Å². The Bertz CT molecular complexity index is 208. The van der Waals surface area contributed by atoms with E-state index < -0.39 is 23.5 Å². The molecule has 17 heavy (non-hydrogen) atoms. The molecule has 0 aromatic rings. The van der Waals surface area contributed by atoms with Crippen LogP contribution in [-0.2, 0) is 30.8 Å². The fourth-order valence-corrected chi connectivity index (χ4v) is 0. The van der Waals surface area contributed by atoms with Gasteiger partial charge in [-0.25, -0.2) is 0 Å². The quantitative estimate of drug-likeness (QED) is 0.172. The summed E-state index contributed by atoms with van der Waals surface area (Å²) in [4.78, 5) is 68.8. The molecule has 0 aromatic carbocycles. The third-order valence-electron chi connectivity index (χ3n) is 0. The van der Waals surface area contributed by atoms with Gasteiger partial charge in [-0.1, -0.05) is 0 Å². The second kappa shape index (κ2) is 12.9. The molecule has 6 N–H and O–H groups in total. The first-order chi connectivity index (χ1) is 6.00. The average molecular weight is 369 g/mol. The Hall–Kier alpha value is 1.85. The van der Waals surface area contributed by atoms with Crippen LogP contribution in [0.1, 0.15) is 0 Å². The predicted octanol–water partition coefficient (Wildman–Crippen LogP) is -7.68. The van der Waals surface area contributed by atoms with Crippen molar-refractivity contribution in [3.05, 3.63) is 0 Å². The van der Waals surface area contributed by atoms with E-state index in [0.717, 1.165) is 0 Å². The number of hydrogen-bond acceptors (Lipinski definition) is 6. The summed E-state index contributed by atoms with van der Waals surface area (Å²) in [6, 6.07) is 0. The van der Waals surface area contributed by atoms with E-state index in [-0.39, 0.29) is 46.6 Å². The van der Waals surface area contributed by atoms with Crippen molar-refractivity contribution in [2.75, 3.05) is 0 Å². The second-order valence-electron chi connectivity index (χ2n) is 1.47. The van der Waals surface area contributed by atoms with Crippen LogP contribution >= 0.6 is 23.5 Å². The van der Waals surface area contributed by atoms with E-state index in [9.17, 15) is 0 Å². The SMILES string of the molecule is O=P([O-])(O)O.O=P([O-])(O)O.O=P([O-])(O)O.[Mn+2].[Na+]. The molecule has 0 spiro atoms. The summed E-state index contributed by atoms with van der Waals surface area (Å²) >= 11 is 0. The van der Waals surface area contributed by atoms with Gasteiger partial charge in [0.15, 0.2) is 0 Å². The molecule has 0 amide bonds. The van der Waals surface area contributed by atoms with E-state index in [4.69, 9.17) is 57.7 Å². The van der Waals surface area contributed by atoms with Crippen molar-refractivity contribution in [1.82, 2.24) is 0 Å². The van der Waals surface area contributed by atoms with E-state index in [1.807, 2.05) is 0 Å². The zero-order chi connectivity index (χ0) is 13.5. The molecule has 0 atom stereocenters. The molecule has 0 aliphatic rings. The summed E-state index contributed by atoms with van der Waals surface area (Å²) in [6.07, 6.45) is 0. The van der Waals surface area contributed by atoms with Crippen molar-refractivity contribution in [1.29, 1.82) is 0 Å². The van der Waals surface area contributed by atoms with Gasteiger partial charge in [-0.2, -0.15) is 0 Å². The second-order valence-corrected chi connectivity index (χ2v) is 4.42. The number of phosphoric acid groups is 3. The first-order valence-corrected chi connectivity index (χ1v) is 6.89. The maximum atomic E-state index is 8.77. The van der Waals surface area contributed by atoms with Crippen LogP contribution in [0.5, 0.6) is 0 Å². The van der Waals surface area contributed by atoms with Gasteiger partial charge in [0.2, 0.25) is 0 Å². The maximum absolute atomic E-state index is 8.77. The first-order valence-electron chi connectivity index (χ1n) is 2.30. The van der Waals surface area contributed by atoms with Gasteiger partial charge in [0, 0.05) is 0 Å². The normalized spacial score (nSPS) is 10.4. The van der Waals surface area contributed by atoms with Crippen LogP contribution in [-0.4, -0.2) is 29.4 Å². The van der Waals surface area contributed by atoms with E-state index in [1.54, 1.807) is 0 Å². The van der Waals surface area contributed by atoms with Gasteiger partial charge >= 0.3 is 46.6 Å². The van der Waals surface area contributed by atoms with Crippen molar-refractivity contribution in [3.63, 3.8) is 0 Å². The molecule has 0 saturated heterocycles. The van der Waals surface area contributed by atoms with Crippen molar-refractivity contribution in [2.24, 2.45) is 0 Å². The van der Waals surface area contributed by atoms with Crippen LogP contribution in [0.25, 0.3) is 0 Å². The van der Waals surface area contributed by atoms with E-state index >= 15 is 0 Å². The van der Waals surface area contributed by atoms with Gasteiger partial charge in [0.25, 0.3) is 23.5 Å². The van der Waals surface area contributed by atoms with Gasteiger partial charge in [0.05, 0.1) is 0 Å². The van der Waals surface area contributed by atoms with Crippen molar-refractivity contribution < 1.29 is 104 Å². The van der Waals surface area contributed by atoms with E-state index in [2.05, 4.69) is 0 Å². The summed E-state index contributed by atoms with van der Waals surface area (Å²) in [5.74, 6) is 0. The average Bonchev–Trinajstić information content (AvgIpc) is 1.41. The largest absolute Gasteiger partial charge is 2.00 e. The van der Waals surface area contributed by atoms with Crippen LogP contribution in [0, 0.1) is 0 Å². The Morgan fingerprint density at radius 1 is 0.588 bits per heavy atom. The molecule has 0 unspecified atom stereocenters. The van der Waals surface area contributed by atoms with Gasteiger partial charge in [-0.15, -0.1) is 0 Å². The number of rotatable bonds is 0. The predicted molar refractivity (Wildman–Crippen MR) is 36.1 cm³/mol. The third kappa shape index (κ3) is 1310. The Morgan fingerprint density at radius 3 is 0.588 bits per heavy atom. The summed E-state index contributed by atoms with van der Waals surface area (Å²) < 4.78 is 26.3. The molecule has 17 heteroatoms. The van der Waals surface area contributed by atoms with Gasteiger partial charge < -0.3 is 44.0 Å². The summed E-state index contributed by atoms with van der Waals surface area (Å²) in [6.45, 7) is 0. The summed E-state index contributed by atoms with van der Waals surface area (Å²) in [7, 11) is -14.7. The molecule has 0 rings (SSSR count). The maximum Gasteiger partial charge on any atom is 2.00 e. The molecule has 12 nitrogen and oxygen atoms in total. The molecule has 0 aliphatic heterocycles. The monoisotopic (exact) mass is 369 g/mol. The zero-order valence-electron chi connectivity index (χ0n) is 7.85. The Balaban J connectivity index is -0.0000000400. The Kier molecular flexibility index (Phi) is 23.7. The minimum Gasteiger partial charge on any atom is -0.756 e. The zero-order valence-corrected chi connectivity index (χ0v) is 13.7. The van der Waals surface area contributed by atoms with Crippen LogP contribution in [0.3, 0.4) is 0 Å². The molecular formula is H6MnNaO12P3. The van der Waals surface area contributed by atoms with E-state index in [0.29, 0.717) is 0 Å². The summed E-state index contributed by atoms with van der Waals surface area (Å²) in [5, 5.41) is 0. The van der Waals surface area contributed by atoms with Crippen LogP contribution in [0.2, 0.25) is 0 Å². The third-order valence-corrected chi connectivity index (χ3v) is 0. The van der Waals surface area contributed by atoms with Crippen molar-refractivity contribution in [3.8, 4) is 0 Å². The van der Waals surface area contributed by atoms with Gasteiger partial charge in [-0.05, 0) is 0 Å². The molecule has 0 aliphatic carbocycles. The van der Waals surface area contributed by atoms with E-state index in [1.165, 1.54) is 0 Å². The minimum absolute atomic E-state index is 0. The Labute approximate surface area is 127 Å². The molecule has 0 saturated carbocycles.